The van der Waals surface area contributed by atoms with Crippen LogP contribution in [0.15, 0.2) is 41.6 Å². The number of nitrogens with zero attached hydrogens (tertiary/aromatic N) is 3. The van der Waals surface area contributed by atoms with E-state index in [0.717, 1.165) is 23.5 Å². The van der Waals surface area contributed by atoms with Crippen LogP contribution in [0.1, 0.15) is 51.2 Å². The first-order chi connectivity index (χ1) is 19.4. The van der Waals surface area contributed by atoms with Crippen molar-refractivity contribution < 1.29 is 37.4 Å². The van der Waals surface area contributed by atoms with Crippen LogP contribution in [-0.2, 0) is 22.4 Å². The highest BCUT2D eigenvalue weighted by molar-refractivity contribution is 5.85. The first-order valence-corrected chi connectivity index (χ1v) is 14.0. The lowest BCUT2D eigenvalue weighted by molar-refractivity contribution is -0.150. The standard InChI is InChI=1S/C30H36F3N3O5/c1-4-39-23-14-20(15-24(40-5-2)26(23)21-6-8-22(9-7-21)30(31,32)33)17-35-18-29(19-35)16-25(34-41-29)36-12-10-28(3,11-13-36)27(37)38/h6-9,14-15H,4-5,10-13,16-19H2,1-3H3,(H,37,38). The first-order valence-electron chi connectivity index (χ1n) is 14.0. The van der Waals surface area contributed by atoms with E-state index in [1.54, 1.807) is 6.92 Å². The molecule has 3 aliphatic rings. The summed E-state index contributed by atoms with van der Waals surface area (Å²) in [6.07, 6.45) is -2.57. The van der Waals surface area contributed by atoms with Gasteiger partial charge in [0.25, 0.3) is 0 Å². The molecule has 2 aromatic rings. The Morgan fingerprint density at radius 2 is 1.63 bits per heavy atom. The summed E-state index contributed by atoms with van der Waals surface area (Å²) < 4.78 is 51.3. The highest BCUT2D eigenvalue weighted by Crippen LogP contribution is 2.43. The average Bonchev–Trinajstić information content (AvgIpc) is 3.34. The molecular formula is C30H36F3N3O5. The number of hydrogen-bond donors (Lipinski definition) is 1. The molecule has 3 aliphatic heterocycles. The predicted molar refractivity (Wildman–Crippen MR) is 147 cm³/mol. The molecule has 11 heteroatoms. The van der Waals surface area contributed by atoms with E-state index in [1.165, 1.54) is 12.1 Å². The van der Waals surface area contributed by atoms with E-state index in [2.05, 4.69) is 15.0 Å². The molecule has 1 spiro atoms. The van der Waals surface area contributed by atoms with Gasteiger partial charge in [-0.1, -0.05) is 17.3 Å². The average molecular weight is 576 g/mol. The summed E-state index contributed by atoms with van der Waals surface area (Å²) >= 11 is 0. The van der Waals surface area contributed by atoms with Gasteiger partial charge in [-0.15, -0.1) is 0 Å². The summed E-state index contributed by atoms with van der Waals surface area (Å²) in [5.41, 5.74) is 0.402. The zero-order valence-electron chi connectivity index (χ0n) is 23.6. The first kappa shape index (κ1) is 29.0. The van der Waals surface area contributed by atoms with E-state index in [1.807, 2.05) is 26.0 Å². The molecule has 41 heavy (non-hydrogen) atoms. The predicted octanol–water partition coefficient (Wildman–Crippen LogP) is 5.64. The molecule has 0 saturated carbocycles. The molecule has 0 radical (unpaired) electrons. The number of aliphatic carboxylic acids is 1. The van der Waals surface area contributed by atoms with Crippen molar-refractivity contribution in [2.24, 2.45) is 10.6 Å². The molecule has 0 bridgehead atoms. The van der Waals surface area contributed by atoms with Crippen molar-refractivity contribution in [3.05, 3.63) is 47.5 Å². The topological polar surface area (TPSA) is 83.8 Å². The number of piperidine rings is 1. The number of halogens is 3. The Bertz CT molecular complexity index is 1270. The van der Waals surface area contributed by atoms with Crippen molar-refractivity contribution in [3.63, 3.8) is 0 Å². The maximum absolute atomic E-state index is 13.1. The Morgan fingerprint density at radius 1 is 1.05 bits per heavy atom. The summed E-state index contributed by atoms with van der Waals surface area (Å²) in [7, 11) is 0. The molecule has 0 atom stereocenters. The fraction of sp³-hybridized carbons (Fsp3) is 0.533. The summed E-state index contributed by atoms with van der Waals surface area (Å²) in [4.78, 5) is 21.9. The van der Waals surface area contributed by atoms with Crippen LogP contribution in [0.4, 0.5) is 13.2 Å². The van der Waals surface area contributed by atoms with Crippen molar-refractivity contribution in [2.45, 2.75) is 58.4 Å². The lowest BCUT2D eigenvalue weighted by Gasteiger charge is -2.45. The molecule has 8 nitrogen and oxygen atoms in total. The van der Waals surface area contributed by atoms with E-state index in [0.29, 0.717) is 87.8 Å². The van der Waals surface area contributed by atoms with Crippen molar-refractivity contribution in [1.82, 2.24) is 9.80 Å². The number of carbonyl (C=O) groups is 1. The smallest absolute Gasteiger partial charge is 0.416 e. The van der Waals surface area contributed by atoms with Crippen LogP contribution in [0.3, 0.4) is 0 Å². The second-order valence-electron chi connectivity index (χ2n) is 11.4. The minimum atomic E-state index is -4.41. The molecule has 0 aromatic heterocycles. The molecule has 0 aliphatic carbocycles. The van der Waals surface area contributed by atoms with Crippen LogP contribution >= 0.6 is 0 Å². The van der Waals surface area contributed by atoms with Gasteiger partial charge in [0, 0.05) is 32.7 Å². The Hall–Kier alpha value is -3.47. The fourth-order valence-corrected chi connectivity index (χ4v) is 5.84. The fourth-order valence-electron chi connectivity index (χ4n) is 5.84. The second-order valence-corrected chi connectivity index (χ2v) is 11.4. The molecule has 2 aromatic carbocycles. The van der Waals surface area contributed by atoms with Gasteiger partial charge >= 0.3 is 12.1 Å². The van der Waals surface area contributed by atoms with Gasteiger partial charge in [-0.3, -0.25) is 9.69 Å². The quantitative estimate of drug-likeness (QED) is 0.436. The van der Waals surface area contributed by atoms with Crippen molar-refractivity contribution in [3.8, 4) is 22.6 Å². The third-order valence-electron chi connectivity index (χ3n) is 8.23. The van der Waals surface area contributed by atoms with Gasteiger partial charge < -0.3 is 24.3 Å². The number of rotatable bonds is 8. The van der Waals surface area contributed by atoms with Gasteiger partial charge in [0.2, 0.25) is 0 Å². The van der Waals surface area contributed by atoms with E-state index in [4.69, 9.17) is 14.3 Å². The van der Waals surface area contributed by atoms with Crippen molar-refractivity contribution >= 4 is 11.8 Å². The van der Waals surface area contributed by atoms with E-state index >= 15 is 0 Å². The molecule has 0 amide bonds. The molecule has 3 heterocycles. The summed E-state index contributed by atoms with van der Waals surface area (Å²) in [5, 5.41) is 13.9. The molecule has 222 valence electrons. The van der Waals surface area contributed by atoms with Crippen LogP contribution in [-0.4, -0.2) is 71.7 Å². The normalized spacial score (nSPS) is 19.9. The molecule has 2 fully saturated rings. The van der Waals surface area contributed by atoms with Crippen LogP contribution in [0, 0.1) is 5.41 Å². The highest BCUT2D eigenvalue weighted by atomic mass is 19.4. The third-order valence-corrected chi connectivity index (χ3v) is 8.23. The van der Waals surface area contributed by atoms with E-state index in [9.17, 15) is 23.1 Å². The number of likely N-dealkylation sites (tertiary alicyclic amines) is 2. The zero-order valence-corrected chi connectivity index (χ0v) is 23.6. The Labute approximate surface area is 237 Å². The van der Waals surface area contributed by atoms with Crippen LogP contribution in [0.25, 0.3) is 11.1 Å². The molecule has 1 N–H and O–H groups in total. The van der Waals surface area contributed by atoms with Gasteiger partial charge in [-0.05, 0) is 69.0 Å². The van der Waals surface area contributed by atoms with Gasteiger partial charge in [0.1, 0.15) is 17.3 Å². The number of ether oxygens (including phenoxy) is 2. The lowest BCUT2D eigenvalue weighted by Crippen LogP contribution is -2.61. The molecular weight excluding hydrogens is 539 g/mol. The Kier molecular flexibility index (Phi) is 7.84. The molecule has 5 rings (SSSR count). The number of amidine groups is 1. The third kappa shape index (κ3) is 5.95. The number of carboxylic acids is 1. The van der Waals surface area contributed by atoms with Crippen LogP contribution < -0.4 is 9.47 Å². The minimum Gasteiger partial charge on any atom is -0.493 e. The maximum Gasteiger partial charge on any atom is 0.416 e. The molecule has 2 saturated heterocycles. The minimum absolute atomic E-state index is 0.380. The summed E-state index contributed by atoms with van der Waals surface area (Å²) in [6, 6.07) is 8.88. The number of alkyl halides is 3. The molecule has 0 unspecified atom stereocenters. The van der Waals surface area contributed by atoms with Crippen LogP contribution in [0.2, 0.25) is 0 Å². The zero-order chi connectivity index (χ0) is 29.4. The number of carboxylic acid groups (broad SMARTS) is 1. The van der Waals surface area contributed by atoms with Gasteiger partial charge in [-0.25, -0.2) is 0 Å². The van der Waals surface area contributed by atoms with Crippen molar-refractivity contribution in [1.29, 1.82) is 0 Å². The Morgan fingerprint density at radius 3 is 2.15 bits per heavy atom. The lowest BCUT2D eigenvalue weighted by atomic mass is 9.80. The van der Waals surface area contributed by atoms with Gasteiger partial charge in [0.05, 0.1) is 36.2 Å². The number of oxime groups is 1. The van der Waals surface area contributed by atoms with E-state index < -0.39 is 23.1 Å². The van der Waals surface area contributed by atoms with Gasteiger partial charge in [-0.2, -0.15) is 13.2 Å². The maximum atomic E-state index is 13.1. The summed E-state index contributed by atoms with van der Waals surface area (Å²) in [6.45, 7) is 9.61. The highest BCUT2D eigenvalue weighted by Gasteiger charge is 2.51. The number of hydrogen-bond acceptors (Lipinski definition) is 7. The largest absolute Gasteiger partial charge is 0.493 e. The van der Waals surface area contributed by atoms with Gasteiger partial charge in [0.15, 0.2) is 5.60 Å². The SMILES string of the molecule is CCOc1cc(CN2CC3(CC(N4CCC(C)(C(=O)O)CC4)=NO3)C2)cc(OCC)c1-c1ccc(C(F)(F)F)cc1. The monoisotopic (exact) mass is 575 g/mol. The van der Waals surface area contributed by atoms with Crippen LogP contribution in [0.5, 0.6) is 11.5 Å². The second kappa shape index (κ2) is 11.1. The van der Waals surface area contributed by atoms with Crippen molar-refractivity contribution in [2.75, 3.05) is 39.4 Å². The Balaban J connectivity index is 1.26. The number of benzene rings is 2. The van der Waals surface area contributed by atoms with E-state index in [-0.39, 0.29) is 5.60 Å². The summed E-state index contributed by atoms with van der Waals surface area (Å²) in [5.74, 6) is 1.25.